The van der Waals surface area contributed by atoms with Gasteiger partial charge < -0.3 is 19.5 Å². The number of nitrogens with zero attached hydrogens (tertiary/aromatic N) is 1. The number of likely N-dealkylation sites (tertiary alicyclic amines) is 1. The number of carbonyl (C=O) groups is 2. The second-order valence-corrected chi connectivity index (χ2v) is 8.02. The lowest BCUT2D eigenvalue weighted by atomic mass is 10.0. The van der Waals surface area contributed by atoms with E-state index < -0.39 is 12.1 Å². The molecule has 0 unspecified atom stereocenters. The lowest BCUT2D eigenvalue weighted by Crippen LogP contribution is -2.43. The molecule has 2 amide bonds. The van der Waals surface area contributed by atoms with Crippen LogP contribution in [0.1, 0.15) is 18.4 Å². The fraction of sp³-hybridized carbons (Fsp3) is 0.259. The number of anilines is 1. The van der Waals surface area contributed by atoms with Gasteiger partial charge in [-0.2, -0.15) is 0 Å². The van der Waals surface area contributed by atoms with E-state index in [1.54, 1.807) is 14.2 Å². The Bertz CT molecular complexity index is 1130. The van der Waals surface area contributed by atoms with Crippen LogP contribution in [0.4, 0.5) is 10.5 Å². The first-order chi connectivity index (χ1) is 16.6. The van der Waals surface area contributed by atoms with E-state index in [2.05, 4.69) is 5.32 Å². The molecular weight excluding hydrogens is 432 g/mol. The first kappa shape index (κ1) is 23.2. The van der Waals surface area contributed by atoms with E-state index in [1.807, 2.05) is 72.8 Å². The van der Waals surface area contributed by atoms with Gasteiger partial charge in [0.25, 0.3) is 0 Å². The molecule has 1 saturated heterocycles. The second-order valence-electron chi connectivity index (χ2n) is 8.02. The zero-order valence-corrected chi connectivity index (χ0v) is 19.3. The van der Waals surface area contributed by atoms with E-state index in [0.29, 0.717) is 30.2 Å². The lowest BCUT2D eigenvalue weighted by Gasteiger charge is -2.23. The number of benzene rings is 3. The van der Waals surface area contributed by atoms with Gasteiger partial charge in [-0.05, 0) is 48.2 Å². The summed E-state index contributed by atoms with van der Waals surface area (Å²) in [4.78, 5) is 27.0. The number of methoxy groups -OCH3 is 2. The van der Waals surface area contributed by atoms with Crippen LogP contribution in [-0.2, 0) is 16.1 Å². The SMILES string of the molecule is COc1ccc(-c2ccc(NC(=O)[C@@H]3CCCN3C(=O)OCc3ccccc3)cc2)c(OC)c1. The largest absolute Gasteiger partial charge is 0.497 e. The van der Waals surface area contributed by atoms with Crippen molar-refractivity contribution in [3.05, 3.63) is 78.4 Å². The molecule has 1 fully saturated rings. The molecule has 176 valence electrons. The number of nitrogens with one attached hydrogen (secondary N) is 1. The van der Waals surface area contributed by atoms with Crippen molar-refractivity contribution < 1.29 is 23.8 Å². The summed E-state index contributed by atoms with van der Waals surface area (Å²) in [5, 5.41) is 2.93. The normalized spacial score (nSPS) is 15.0. The van der Waals surface area contributed by atoms with E-state index in [-0.39, 0.29) is 12.5 Å². The first-order valence-corrected chi connectivity index (χ1v) is 11.2. The van der Waals surface area contributed by atoms with Crippen molar-refractivity contribution in [3.8, 4) is 22.6 Å². The highest BCUT2D eigenvalue weighted by atomic mass is 16.6. The predicted molar refractivity (Wildman–Crippen MR) is 130 cm³/mol. The number of amides is 2. The highest BCUT2D eigenvalue weighted by molar-refractivity contribution is 5.97. The number of hydrogen-bond acceptors (Lipinski definition) is 5. The maximum Gasteiger partial charge on any atom is 0.410 e. The second kappa shape index (κ2) is 10.7. The fourth-order valence-corrected chi connectivity index (χ4v) is 4.06. The summed E-state index contributed by atoms with van der Waals surface area (Å²) in [7, 11) is 3.23. The van der Waals surface area contributed by atoms with E-state index >= 15 is 0 Å². The van der Waals surface area contributed by atoms with Crippen molar-refractivity contribution in [2.75, 3.05) is 26.1 Å². The number of rotatable bonds is 7. The molecule has 1 aliphatic rings. The molecule has 0 saturated carbocycles. The average Bonchev–Trinajstić information content (AvgIpc) is 3.38. The van der Waals surface area contributed by atoms with Crippen LogP contribution >= 0.6 is 0 Å². The Hall–Kier alpha value is -4.00. The Labute approximate surface area is 199 Å². The molecule has 0 aliphatic carbocycles. The van der Waals surface area contributed by atoms with Gasteiger partial charge in [-0.15, -0.1) is 0 Å². The molecule has 0 bridgehead atoms. The molecule has 1 aliphatic heterocycles. The molecule has 3 aromatic carbocycles. The highest BCUT2D eigenvalue weighted by Gasteiger charge is 2.35. The van der Waals surface area contributed by atoms with Gasteiger partial charge in [-0.1, -0.05) is 42.5 Å². The van der Waals surface area contributed by atoms with Gasteiger partial charge in [0.1, 0.15) is 24.1 Å². The van der Waals surface area contributed by atoms with Crippen LogP contribution in [0.15, 0.2) is 72.8 Å². The van der Waals surface area contributed by atoms with E-state index in [4.69, 9.17) is 14.2 Å². The minimum atomic E-state index is -0.551. The van der Waals surface area contributed by atoms with Crippen LogP contribution < -0.4 is 14.8 Å². The summed E-state index contributed by atoms with van der Waals surface area (Å²) in [5.74, 6) is 1.20. The molecule has 4 rings (SSSR count). The predicted octanol–water partition coefficient (Wildman–Crippen LogP) is 5.11. The summed E-state index contributed by atoms with van der Waals surface area (Å²) in [6, 6.07) is 22.1. The minimum Gasteiger partial charge on any atom is -0.497 e. The minimum absolute atomic E-state index is 0.181. The van der Waals surface area contributed by atoms with Gasteiger partial charge in [0, 0.05) is 23.9 Å². The molecule has 34 heavy (non-hydrogen) atoms. The van der Waals surface area contributed by atoms with E-state index in [0.717, 1.165) is 23.1 Å². The van der Waals surface area contributed by atoms with Gasteiger partial charge in [-0.3, -0.25) is 9.69 Å². The van der Waals surface area contributed by atoms with Crippen LogP contribution in [0.3, 0.4) is 0 Å². The molecule has 0 radical (unpaired) electrons. The molecule has 7 heteroatoms. The van der Waals surface area contributed by atoms with Crippen molar-refractivity contribution in [2.24, 2.45) is 0 Å². The smallest absolute Gasteiger partial charge is 0.410 e. The molecule has 1 atom stereocenters. The van der Waals surface area contributed by atoms with Gasteiger partial charge in [-0.25, -0.2) is 4.79 Å². The van der Waals surface area contributed by atoms with E-state index in [9.17, 15) is 9.59 Å². The molecule has 1 heterocycles. The van der Waals surface area contributed by atoms with Crippen molar-refractivity contribution in [1.82, 2.24) is 4.90 Å². The van der Waals surface area contributed by atoms with Gasteiger partial charge >= 0.3 is 6.09 Å². The summed E-state index contributed by atoms with van der Waals surface area (Å²) >= 11 is 0. The molecule has 1 N–H and O–H groups in total. The van der Waals surface area contributed by atoms with Crippen LogP contribution in [0.2, 0.25) is 0 Å². The van der Waals surface area contributed by atoms with Crippen LogP contribution in [0.5, 0.6) is 11.5 Å². The molecule has 0 spiro atoms. The monoisotopic (exact) mass is 460 g/mol. The summed E-state index contributed by atoms with van der Waals surface area (Å²) in [6.45, 7) is 0.683. The van der Waals surface area contributed by atoms with Crippen LogP contribution in [0.25, 0.3) is 11.1 Å². The lowest BCUT2D eigenvalue weighted by molar-refractivity contribution is -0.120. The highest BCUT2D eigenvalue weighted by Crippen LogP contribution is 2.34. The molecular formula is C27H28N2O5. The quantitative estimate of drug-likeness (QED) is 0.530. The summed E-state index contributed by atoms with van der Waals surface area (Å²) in [5.41, 5.74) is 3.43. The Morgan fingerprint density at radius 3 is 2.44 bits per heavy atom. The zero-order valence-electron chi connectivity index (χ0n) is 19.3. The Morgan fingerprint density at radius 2 is 1.74 bits per heavy atom. The first-order valence-electron chi connectivity index (χ1n) is 11.2. The summed E-state index contributed by atoms with van der Waals surface area (Å²) < 4.78 is 16.2. The van der Waals surface area contributed by atoms with Crippen molar-refractivity contribution in [1.29, 1.82) is 0 Å². The molecule has 3 aromatic rings. The van der Waals surface area contributed by atoms with Crippen LogP contribution in [-0.4, -0.2) is 43.7 Å². The maximum atomic E-state index is 12.9. The molecule has 7 nitrogen and oxygen atoms in total. The summed E-state index contributed by atoms with van der Waals surface area (Å²) in [6.07, 6.45) is 0.894. The number of hydrogen-bond donors (Lipinski definition) is 1. The number of ether oxygens (including phenoxy) is 3. The van der Waals surface area contributed by atoms with Gasteiger partial charge in [0.05, 0.1) is 14.2 Å². The maximum absolute atomic E-state index is 12.9. The Balaban J connectivity index is 1.39. The van der Waals surface area contributed by atoms with Crippen LogP contribution in [0, 0.1) is 0 Å². The fourth-order valence-electron chi connectivity index (χ4n) is 4.06. The average molecular weight is 461 g/mol. The van der Waals surface area contributed by atoms with Gasteiger partial charge in [0.15, 0.2) is 0 Å². The number of carbonyl (C=O) groups excluding carboxylic acids is 2. The third-order valence-electron chi connectivity index (χ3n) is 5.87. The van der Waals surface area contributed by atoms with Crippen molar-refractivity contribution in [2.45, 2.75) is 25.5 Å². The standard InChI is InChI=1S/C27H28N2O5/c1-32-22-14-15-23(25(17-22)33-2)20-10-12-21(13-11-20)28-26(30)24-9-6-16-29(24)27(31)34-18-19-7-4-3-5-8-19/h3-5,7-8,10-15,17,24H,6,9,16,18H2,1-2H3,(H,28,30)/t24-/m0/s1. The Morgan fingerprint density at radius 1 is 0.971 bits per heavy atom. The third kappa shape index (κ3) is 5.31. The molecule has 0 aromatic heterocycles. The zero-order chi connectivity index (χ0) is 23.9. The van der Waals surface area contributed by atoms with Crippen molar-refractivity contribution in [3.63, 3.8) is 0 Å². The topological polar surface area (TPSA) is 77.1 Å². The van der Waals surface area contributed by atoms with Crippen molar-refractivity contribution >= 4 is 17.7 Å². The Kier molecular flexibility index (Phi) is 7.32. The third-order valence-corrected chi connectivity index (χ3v) is 5.87. The van der Waals surface area contributed by atoms with E-state index in [1.165, 1.54) is 4.90 Å². The van der Waals surface area contributed by atoms with Gasteiger partial charge in [0.2, 0.25) is 5.91 Å².